The van der Waals surface area contributed by atoms with Gasteiger partial charge >= 0.3 is 0 Å². The first-order valence-electron chi connectivity index (χ1n) is 6.63. The van der Waals surface area contributed by atoms with E-state index >= 15 is 0 Å². The third-order valence-corrected chi connectivity index (χ3v) is 3.95. The fourth-order valence-electron chi connectivity index (χ4n) is 2.89. The molecule has 1 aromatic carbocycles. The zero-order chi connectivity index (χ0) is 12.5. The van der Waals surface area contributed by atoms with Crippen LogP contribution in [0.5, 0.6) is 0 Å². The van der Waals surface area contributed by atoms with Crippen molar-refractivity contribution in [3.63, 3.8) is 0 Å². The van der Waals surface area contributed by atoms with Gasteiger partial charge in [-0.1, -0.05) is 6.07 Å². The highest BCUT2D eigenvalue weighted by atomic mass is 16.2. The van der Waals surface area contributed by atoms with E-state index < -0.39 is 0 Å². The van der Waals surface area contributed by atoms with Crippen molar-refractivity contribution in [2.75, 3.05) is 30.8 Å². The fraction of sp³-hybridized carbons (Fsp3) is 0.500. The van der Waals surface area contributed by atoms with Crippen LogP contribution in [0.15, 0.2) is 18.2 Å². The van der Waals surface area contributed by atoms with Gasteiger partial charge in [-0.2, -0.15) is 0 Å². The lowest BCUT2D eigenvalue weighted by Crippen LogP contribution is -2.46. The van der Waals surface area contributed by atoms with Crippen LogP contribution in [0, 0.1) is 0 Å². The summed E-state index contributed by atoms with van der Waals surface area (Å²) in [5.74, 6) is 0.151. The van der Waals surface area contributed by atoms with Gasteiger partial charge in [-0.3, -0.25) is 9.69 Å². The van der Waals surface area contributed by atoms with Crippen LogP contribution in [0.3, 0.4) is 0 Å². The Morgan fingerprint density at radius 2 is 2.11 bits per heavy atom. The lowest BCUT2D eigenvalue weighted by atomic mass is 9.97. The second-order valence-electron chi connectivity index (χ2n) is 5.07. The number of hydrogen-bond acceptors (Lipinski definition) is 3. The van der Waals surface area contributed by atoms with Crippen LogP contribution in [-0.2, 0) is 11.2 Å². The van der Waals surface area contributed by atoms with Gasteiger partial charge in [-0.15, -0.1) is 0 Å². The second kappa shape index (κ2) is 4.61. The first-order valence-corrected chi connectivity index (χ1v) is 6.63. The van der Waals surface area contributed by atoms with E-state index in [2.05, 4.69) is 27.7 Å². The smallest absolute Gasteiger partial charge is 0.242 e. The van der Waals surface area contributed by atoms with Crippen molar-refractivity contribution < 1.29 is 4.79 Å². The monoisotopic (exact) mass is 245 g/mol. The molecule has 0 aliphatic carbocycles. The van der Waals surface area contributed by atoms with Crippen molar-refractivity contribution in [2.24, 2.45) is 0 Å². The minimum Gasteiger partial charge on any atom is -0.388 e. The van der Waals surface area contributed by atoms with Crippen molar-refractivity contribution in [2.45, 2.75) is 25.3 Å². The Labute approximate surface area is 107 Å². The number of amides is 1. The van der Waals surface area contributed by atoms with Gasteiger partial charge in [0.25, 0.3) is 0 Å². The van der Waals surface area contributed by atoms with E-state index in [9.17, 15) is 4.79 Å². The number of rotatable bonds is 2. The Bertz CT molecular complexity index is 466. The Morgan fingerprint density at radius 3 is 2.83 bits per heavy atom. The summed E-state index contributed by atoms with van der Waals surface area (Å²) in [5.41, 5.74) is 3.24. The molecule has 0 radical (unpaired) electrons. The SMILES string of the molecule is CNc1ccc2c(c1)NC(=O)C(N1CCCC1)C2. The minimum atomic E-state index is 0.0282. The molecule has 0 aromatic heterocycles. The highest BCUT2D eigenvalue weighted by molar-refractivity contribution is 5.98. The zero-order valence-electron chi connectivity index (χ0n) is 10.7. The molecule has 1 unspecified atom stereocenters. The van der Waals surface area contributed by atoms with Gasteiger partial charge in [-0.05, 0) is 50.0 Å². The molecule has 1 fully saturated rings. The Kier molecular flexibility index (Phi) is 2.96. The van der Waals surface area contributed by atoms with Crippen molar-refractivity contribution in [3.8, 4) is 0 Å². The summed E-state index contributed by atoms with van der Waals surface area (Å²) >= 11 is 0. The van der Waals surface area contributed by atoms with Crippen LogP contribution < -0.4 is 10.6 Å². The molecular formula is C14H19N3O. The van der Waals surface area contributed by atoms with Crippen LogP contribution >= 0.6 is 0 Å². The molecule has 18 heavy (non-hydrogen) atoms. The average molecular weight is 245 g/mol. The van der Waals surface area contributed by atoms with Crippen LogP contribution in [0.2, 0.25) is 0 Å². The molecule has 0 spiro atoms. The summed E-state index contributed by atoms with van der Waals surface area (Å²) < 4.78 is 0. The number of carbonyl (C=O) groups is 1. The molecule has 1 amide bonds. The number of nitrogens with zero attached hydrogens (tertiary/aromatic N) is 1. The molecule has 2 aliphatic rings. The first-order chi connectivity index (χ1) is 8.78. The first kappa shape index (κ1) is 11.5. The molecule has 4 heteroatoms. The summed E-state index contributed by atoms with van der Waals surface area (Å²) in [5, 5.41) is 6.14. The summed E-state index contributed by atoms with van der Waals surface area (Å²) in [6.07, 6.45) is 3.27. The zero-order valence-corrected chi connectivity index (χ0v) is 10.7. The molecule has 0 bridgehead atoms. The predicted molar refractivity (Wildman–Crippen MR) is 72.9 cm³/mol. The Morgan fingerprint density at radius 1 is 1.33 bits per heavy atom. The van der Waals surface area contributed by atoms with E-state index in [1.807, 2.05) is 13.1 Å². The number of carbonyl (C=O) groups excluding carboxylic acids is 1. The molecule has 96 valence electrons. The average Bonchev–Trinajstić information content (AvgIpc) is 2.91. The van der Waals surface area contributed by atoms with Gasteiger partial charge in [0.1, 0.15) is 0 Å². The number of anilines is 2. The molecule has 1 atom stereocenters. The maximum atomic E-state index is 12.2. The maximum absolute atomic E-state index is 12.2. The van der Waals surface area contributed by atoms with Gasteiger partial charge in [0, 0.05) is 18.4 Å². The van der Waals surface area contributed by atoms with Gasteiger partial charge < -0.3 is 10.6 Å². The van der Waals surface area contributed by atoms with Crippen LogP contribution in [0.1, 0.15) is 18.4 Å². The lowest BCUT2D eigenvalue weighted by molar-refractivity contribution is -0.121. The molecule has 3 rings (SSSR count). The van der Waals surface area contributed by atoms with Crippen molar-refractivity contribution in [1.82, 2.24) is 4.90 Å². The van der Waals surface area contributed by atoms with E-state index in [4.69, 9.17) is 0 Å². The van der Waals surface area contributed by atoms with Gasteiger partial charge in [-0.25, -0.2) is 0 Å². The number of likely N-dealkylation sites (tertiary alicyclic amines) is 1. The lowest BCUT2D eigenvalue weighted by Gasteiger charge is -2.31. The van der Waals surface area contributed by atoms with E-state index in [1.54, 1.807) is 0 Å². The van der Waals surface area contributed by atoms with Crippen LogP contribution in [0.25, 0.3) is 0 Å². The normalized spacial score (nSPS) is 23.6. The number of hydrogen-bond donors (Lipinski definition) is 2. The molecule has 4 nitrogen and oxygen atoms in total. The quantitative estimate of drug-likeness (QED) is 0.833. The summed E-state index contributed by atoms with van der Waals surface area (Å²) in [6, 6.07) is 6.22. The van der Waals surface area contributed by atoms with Gasteiger partial charge in [0.15, 0.2) is 0 Å². The van der Waals surface area contributed by atoms with E-state index in [-0.39, 0.29) is 11.9 Å². The molecule has 1 saturated heterocycles. The number of nitrogens with one attached hydrogen (secondary N) is 2. The third-order valence-electron chi connectivity index (χ3n) is 3.95. The summed E-state index contributed by atoms with van der Waals surface area (Å²) in [7, 11) is 1.89. The van der Waals surface area contributed by atoms with Crippen molar-refractivity contribution in [1.29, 1.82) is 0 Å². The second-order valence-corrected chi connectivity index (χ2v) is 5.07. The molecule has 2 N–H and O–H groups in total. The molecule has 2 heterocycles. The van der Waals surface area contributed by atoms with Crippen LogP contribution in [-0.4, -0.2) is 37.0 Å². The topological polar surface area (TPSA) is 44.4 Å². The summed E-state index contributed by atoms with van der Waals surface area (Å²) in [6.45, 7) is 2.12. The van der Waals surface area contributed by atoms with E-state index in [0.29, 0.717) is 0 Å². The fourth-order valence-corrected chi connectivity index (χ4v) is 2.89. The molecule has 2 aliphatic heterocycles. The standard InChI is InChI=1S/C14H19N3O/c1-15-11-5-4-10-8-13(17-6-2-3-7-17)14(18)16-12(10)9-11/h4-5,9,13,15H,2-3,6-8H2,1H3,(H,16,18). The highest BCUT2D eigenvalue weighted by Crippen LogP contribution is 2.28. The molecular weight excluding hydrogens is 226 g/mol. The molecule has 0 saturated carbocycles. The largest absolute Gasteiger partial charge is 0.388 e. The van der Waals surface area contributed by atoms with Gasteiger partial charge in [0.05, 0.1) is 6.04 Å². The minimum absolute atomic E-state index is 0.0282. The van der Waals surface area contributed by atoms with Crippen LogP contribution in [0.4, 0.5) is 11.4 Å². The Balaban J connectivity index is 1.85. The molecule has 1 aromatic rings. The third kappa shape index (κ3) is 1.97. The van der Waals surface area contributed by atoms with Crippen molar-refractivity contribution in [3.05, 3.63) is 23.8 Å². The Hall–Kier alpha value is -1.55. The van der Waals surface area contributed by atoms with E-state index in [1.165, 1.54) is 18.4 Å². The maximum Gasteiger partial charge on any atom is 0.242 e. The van der Waals surface area contributed by atoms with Gasteiger partial charge in [0.2, 0.25) is 5.91 Å². The predicted octanol–water partition coefficient (Wildman–Crippen LogP) is 1.69. The number of fused-ring (bicyclic) bond motifs is 1. The highest BCUT2D eigenvalue weighted by Gasteiger charge is 2.32. The summed E-state index contributed by atoms with van der Waals surface area (Å²) in [4.78, 5) is 14.5. The van der Waals surface area contributed by atoms with E-state index in [0.717, 1.165) is 30.9 Å². The van der Waals surface area contributed by atoms with Crippen molar-refractivity contribution >= 4 is 17.3 Å². The number of benzene rings is 1.